The van der Waals surface area contributed by atoms with Crippen molar-refractivity contribution in [1.29, 1.82) is 0 Å². The van der Waals surface area contributed by atoms with Crippen LogP contribution in [0.25, 0.3) is 0 Å². The Kier molecular flexibility index (Phi) is 10.5. The van der Waals surface area contributed by atoms with Crippen LogP contribution in [0.1, 0.15) is 61.9 Å². The molecule has 10 heteroatoms. The molecule has 1 unspecified atom stereocenters. The molecule has 1 aliphatic heterocycles. The van der Waals surface area contributed by atoms with Crippen molar-refractivity contribution in [3.63, 3.8) is 0 Å². The fourth-order valence-electron chi connectivity index (χ4n) is 4.96. The molecule has 2 heterocycles. The van der Waals surface area contributed by atoms with Crippen LogP contribution in [-0.2, 0) is 21.9 Å². The molecule has 0 aliphatic carbocycles. The van der Waals surface area contributed by atoms with Gasteiger partial charge in [0.05, 0.1) is 18.8 Å². The van der Waals surface area contributed by atoms with Crippen LogP contribution in [-0.4, -0.2) is 33.9 Å². The Morgan fingerprint density at radius 2 is 1.86 bits per heavy atom. The molecule has 0 bridgehead atoms. The standard InChI is InChI=1S/C34H37ClN4O4S/c1-5-7-17-42-32(40)30-23(4)36-33-37-34(44-21-26-13-8-9-14-27(26)35)38-39(33)31(30)25-15-16-28(29(19-25)41-6-2)43-20-24-12-10-11-22(3)18-24/h8-16,18-19,31H,5-7,17,20-21H2,1-4H3,(H,36,37,38). The second kappa shape index (κ2) is 14.7. The maximum atomic E-state index is 13.5. The summed E-state index contributed by atoms with van der Waals surface area (Å²) in [6.45, 7) is 9.11. The van der Waals surface area contributed by atoms with Crippen LogP contribution in [0.4, 0.5) is 5.95 Å². The van der Waals surface area contributed by atoms with Gasteiger partial charge in [0.15, 0.2) is 11.5 Å². The molecule has 44 heavy (non-hydrogen) atoms. The maximum Gasteiger partial charge on any atom is 0.338 e. The summed E-state index contributed by atoms with van der Waals surface area (Å²) in [5, 5.41) is 9.39. The Labute approximate surface area is 267 Å². The molecule has 5 rings (SSSR count). The number of esters is 1. The highest BCUT2D eigenvalue weighted by molar-refractivity contribution is 7.98. The minimum absolute atomic E-state index is 0.345. The van der Waals surface area contributed by atoms with Gasteiger partial charge in [-0.1, -0.05) is 90.8 Å². The maximum absolute atomic E-state index is 13.5. The van der Waals surface area contributed by atoms with Crippen molar-refractivity contribution in [2.45, 2.75) is 64.1 Å². The number of nitrogens with zero attached hydrogens (tertiary/aromatic N) is 3. The molecule has 0 fully saturated rings. The molecular formula is C34H37ClN4O4S. The van der Waals surface area contributed by atoms with E-state index in [1.54, 1.807) is 4.68 Å². The largest absolute Gasteiger partial charge is 0.490 e. The number of anilines is 1. The quantitative estimate of drug-likeness (QED) is 0.0898. The zero-order valence-electron chi connectivity index (χ0n) is 25.4. The second-order valence-electron chi connectivity index (χ2n) is 10.5. The van der Waals surface area contributed by atoms with Crippen molar-refractivity contribution in [1.82, 2.24) is 14.8 Å². The minimum atomic E-state index is -0.590. The van der Waals surface area contributed by atoms with E-state index in [1.807, 2.05) is 68.4 Å². The Bertz CT molecular complexity index is 1650. The van der Waals surface area contributed by atoms with E-state index >= 15 is 0 Å². The number of carbonyl (C=O) groups is 1. The highest BCUT2D eigenvalue weighted by atomic mass is 35.5. The van der Waals surface area contributed by atoms with E-state index < -0.39 is 12.0 Å². The summed E-state index contributed by atoms with van der Waals surface area (Å²) >= 11 is 7.86. The van der Waals surface area contributed by atoms with Gasteiger partial charge in [0.2, 0.25) is 11.1 Å². The molecular weight excluding hydrogens is 596 g/mol. The lowest BCUT2D eigenvalue weighted by Gasteiger charge is -2.28. The summed E-state index contributed by atoms with van der Waals surface area (Å²) in [4.78, 5) is 18.3. The number of unbranched alkanes of at least 4 members (excludes halogenated alkanes) is 1. The molecule has 1 atom stereocenters. The Hall–Kier alpha value is -3.95. The third-order valence-electron chi connectivity index (χ3n) is 7.16. The first-order valence-corrected chi connectivity index (χ1v) is 16.2. The van der Waals surface area contributed by atoms with Crippen LogP contribution in [0.2, 0.25) is 5.02 Å². The van der Waals surface area contributed by atoms with Gasteiger partial charge in [0.1, 0.15) is 12.6 Å². The fourth-order valence-corrected chi connectivity index (χ4v) is 6.07. The van der Waals surface area contributed by atoms with E-state index in [1.165, 1.54) is 17.3 Å². The second-order valence-corrected chi connectivity index (χ2v) is 11.9. The van der Waals surface area contributed by atoms with Crippen LogP contribution in [0, 0.1) is 6.92 Å². The van der Waals surface area contributed by atoms with Gasteiger partial charge in [-0.2, -0.15) is 4.98 Å². The number of carbonyl (C=O) groups excluding carboxylic acids is 1. The number of hydrogen-bond donors (Lipinski definition) is 1. The van der Waals surface area contributed by atoms with Gasteiger partial charge in [0.25, 0.3) is 0 Å². The summed E-state index contributed by atoms with van der Waals surface area (Å²) in [6, 6.07) is 21.1. The lowest BCUT2D eigenvalue weighted by molar-refractivity contribution is -0.139. The first kappa shape index (κ1) is 31.5. The SMILES string of the molecule is CCCCOC(=O)C1=C(C)Nc2nc(SCc3ccccc3Cl)nn2C1c1ccc(OCc2cccc(C)c2)c(OCC)c1. The summed E-state index contributed by atoms with van der Waals surface area (Å²) in [5.74, 6) is 1.96. The topological polar surface area (TPSA) is 87.5 Å². The summed E-state index contributed by atoms with van der Waals surface area (Å²) in [6.07, 6.45) is 1.71. The average Bonchev–Trinajstić information content (AvgIpc) is 3.42. The number of benzene rings is 3. The van der Waals surface area contributed by atoms with Crippen molar-refractivity contribution < 1.29 is 19.0 Å². The predicted octanol–water partition coefficient (Wildman–Crippen LogP) is 8.14. The number of rotatable bonds is 13. The van der Waals surface area contributed by atoms with Crippen molar-refractivity contribution >= 4 is 35.3 Å². The predicted molar refractivity (Wildman–Crippen MR) is 174 cm³/mol. The Morgan fingerprint density at radius 1 is 1.02 bits per heavy atom. The number of fused-ring (bicyclic) bond motifs is 1. The normalized spacial score (nSPS) is 14.2. The van der Waals surface area contributed by atoms with E-state index in [-0.39, 0.29) is 0 Å². The number of nitrogens with one attached hydrogen (secondary N) is 1. The summed E-state index contributed by atoms with van der Waals surface area (Å²) in [5.41, 5.74) is 5.17. The lowest BCUT2D eigenvalue weighted by Crippen LogP contribution is -2.30. The Balaban J connectivity index is 1.48. The summed E-state index contributed by atoms with van der Waals surface area (Å²) < 4.78 is 19.7. The number of aromatic nitrogens is 3. The fraction of sp³-hybridized carbons (Fsp3) is 0.324. The number of thioether (sulfide) groups is 1. The molecule has 0 saturated carbocycles. The number of aryl methyl sites for hydroxylation is 1. The highest BCUT2D eigenvalue weighted by Gasteiger charge is 2.36. The van der Waals surface area contributed by atoms with Crippen LogP contribution < -0.4 is 14.8 Å². The first-order valence-electron chi connectivity index (χ1n) is 14.8. The molecule has 8 nitrogen and oxygen atoms in total. The van der Waals surface area contributed by atoms with Gasteiger partial charge in [0, 0.05) is 16.5 Å². The monoisotopic (exact) mass is 632 g/mol. The third-order valence-corrected chi connectivity index (χ3v) is 8.41. The zero-order chi connectivity index (χ0) is 31.1. The number of hydrogen-bond acceptors (Lipinski definition) is 8. The molecule has 1 aromatic heterocycles. The molecule has 1 N–H and O–H groups in total. The Morgan fingerprint density at radius 3 is 2.64 bits per heavy atom. The number of ether oxygens (including phenoxy) is 3. The zero-order valence-corrected chi connectivity index (χ0v) is 27.0. The van der Waals surface area contributed by atoms with Gasteiger partial charge < -0.3 is 19.5 Å². The molecule has 1 aliphatic rings. The smallest absolute Gasteiger partial charge is 0.338 e. The lowest BCUT2D eigenvalue weighted by atomic mass is 9.95. The van der Waals surface area contributed by atoms with E-state index in [2.05, 4.69) is 31.3 Å². The van der Waals surface area contributed by atoms with Crippen molar-refractivity contribution in [2.75, 3.05) is 18.5 Å². The van der Waals surface area contributed by atoms with Crippen molar-refractivity contribution in [2.24, 2.45) is 0 Å². The highest BCUT2D eigenvalue weighted by Crippen LogP contribution is 2.40. The van der Waals surface area contributed by atoms with Crippen LogP contribution in [0.5, 0.6) is 11.5 Å². The molecule has 3 aromatic carbocycles. The molecule has 0 radical (unpaired) electrons. The van der Waals surface area contributed by atoms with Crippen LogP contribution in [0.15, 0.2) is 83.2 Å². The van der Waals surface area contributed by atoms with E-state index in [0.29, 0.717) is 64.5 Å². The molecule has 230 valence electrons. The average molecular weight is 633 g/mol. The number of halogens is 1. The van der Waals surface area contributed by atoms with E-state index in [9.17, 15) is 4.79 Å². The van der Waals surface area contributed by atoms with Gasteiger partial charge in [-0.3, -0.25) is 0 Å². The molecule has 0 saturated heterocycles. The van der Waals surface area contributed by atoms with Gasteiger partial charge in [-0.05, 0) is 62.1 Å². The number of allylic oxidation sites excluding steroid dienone is 1. The van der Waals surface area contributed by atoms with Crippen LogP contribution >= 0.6 is 23.4 Å². The van der Waals surface area contributed by atoms with Gasteiger partial charge in [-0.15, -0.1) is 5.10 Å². The van der Waals surface area contributed by atoms with Crippen LogP contribution in [0.3, 0.4) is 0 Å². The summed E-state index contributed by atoms with van der Waals surface area (Å²) in [7, 11) is 0. The van der Waals surface area contributed by atoms with E-state index in [0.717, 1.165) is 29.5 Å². The van der Waals surface area contributed by atoms with Gasteiger partial charge >= 0.3 is 5.97 Å². The van der Waals surface area contributed by atoms with Gasteiger partial charge in [-0.25, -0.2) is 9.48 Å². The van der Waals surface area contributed by atoms with Crippen molar-refractivity contribution in [3.05, 3.63) is 105 Å². The molecule has 0 spiro atoms. The first-order chi connectivity index (χ1) is 21.4. The minimum Gasteiger partial charge on any atom is -0.490 e. The van der Waals surface area contributed by atoms with E-state index in [4.69, 9.17) is 35.9 Å². The van der Waals surface area contributed by atoms with Crippen molar-refractivity contribution in [3.8, 4) is 11.5 Å². The third kappa shape index (κ3) is 7.39. The molecule has 0 amide bonds. The molecule has 4 aromatic rings.